The van der Waals surface area contributed by atoms with Gasteiger partial charge >= 0.3 is 0 Å². The van der Waals surface area contributed by atoms with E-state index in [0.29, 0.717) is 21.6 Å². The molecule has 1 fully saturated rings. The predicted octanol–water partition coefficient (Wildman–Crippen LogP) is 3.21. The molecule has 8 heteroatoms. The summed E-state index contributed by atoms with van der Waals surface area (Å²) in [6.45, 7) is 0. The van der Waals surface area contributed by atoms with E-state index in [-0.39, 0.29) is 23.5 Å². The zero-order valence-electron chi connectivity index (χ0n) is 12.7. The van der Waals surface area contributed by atoms with Crippen LogP contribution in [0.15, 0.2) is 41.4 Å². The van der Waals surface area contributed by atoms with Crippen molar-refractivity contribution in [3.05, 3.63) is 41.4 Å². The van der Waals surface area contributed by atoms with E-state index in [2.05, 4.69) is 20.8 Å². The lowest BCUT2D eigenvalue weighted by Crippen LogP contribution is -2.15. The Kier molecular flexibility index (Phi) is 5.32. The average Bonchev–Trinajstić information content (AvgIpc) is 3.39. The molecule has 0 spiro atoms. The molecule has 0 atom stereocenters. The van der Waals surface area contributed by atoms with E-state index in [1.165, 1.54) is 11.8 Å². The molecule has 2 aromatic rings. The molecule has 1 aliphatic rings. The molecule has 0 radical (unpaired) electrons. The Morgan fingerprint density at radius 3 is 2.67 bits per heavy atom. The molecule has 1 aliphatic carbocycles. The third-order valence-electron chi connectivity index (χ3n) is 3.30. The summed E-state index contributed by atoms with van der Waals surface area (Å²) in [6.07, 6.45) is 1.88. The molecule has 0 bridgehead atoms. The van der Waals surface area contributed by atoms with E-state index < -0.39 is 0 Å². The van der Waals surface area contributed by atoms with Gasteiger partial charge in [-0.2, -0.15) is 0 Å². The van der Waals surface area contributed by atoms with Crippen molar-refractivity contribution in [1.29, 1.82) is 0 Å². The Morgan fingerprint density at radius 1 is 1.17 bits per heavy atom. The molecule has 1 saturated carbocycles. The number of amides is 2. The minimum Gasteiger partial charge on any atom is -0.325 e. The number of aromatic nitrogens is 2. The third kappa shape index (κ3) is 4.94. The van der Waals surface area contributed by atoms with Crippen LogP contribution >= 0.6 is 23.4 Å². The first-order valence-electron chi connectivity index (χ1n) is 7.43. The van der Waals surface area contributed by atoms with Crippen molar-refractivity contribution in [2.24, 2.45) is 5.92 Å². The fourth-order valence-electron chi connectivity index (χ4n) is 1.94. The Labute approximate surface area is 148 Å². The molecular weight excluding hydrogens is 348 g/mol. The maximum absolute atomic E-state index is 11.9. The monoisotopic (exact) mass is 362 g/mol. The van der Waals surface area contributed by atoms with Crippen molar-refractivity contribution in [2.75, 3.05) is 16.4 Å². The van der Waals surface area contributed by atoms with Gasteiger partial charge in [0, 0.05) is 16.6 Å². The molecule has 1 heterocycles. The summed E-state index contributed by atoms with van der Waals surface area (Å²) in [5.41, 5.74) is 0.650. The van der Waals surface area contributed by atoms with Gasteiger partial charge in [0.1, 0.15) is 5.03 Å². The van der Waals surface area contributed by atoms with E-state index in [9.17, 15) is 9.59 Å². The number of carbonyl (C=O) groups is 2. The van der Waals surface area contributed by atoms with Crippen LogP contribution in [0.2, 0.25) is 5.02 Å². The lowest BCUT2D eigenvalue weighted by molar-refractivity contribution is -0.117. The molecule has 124 valence electrons. The van der Waals surface area contributed by atoms with E-state index >= 15 is 0 Å². The quantitative estimate of drug-likeness (QED) is 0.771. The van der Waals surface area contributed by atoms with Crippen LogP contribution in [0.5, 0.6) is 0 Å². The highest BCUT2D eigenvalue weighted by atomic mass is 35.5. The van der Waals surface area contributed by atoms with Crippen LogP contribution in [0.25, 0.3) is 0 Å². The van der Waals surface area contributed by atoms with Gasteiger partial charge in [0.15, 0.2) is 5.82 Å². The molecule has 1 aromatic heterocycles. The lowest BCUT2D eigenvalue weighted by atomic mass is 10.3. The number of rotatable bonds is 6. The fraction of sp³-hybridized carbons (Fsp3) is 0.250. The number of carbonyl (C=O) groups excluding carboxylic acids is 2. The SMILES string of the molecule is O=C(CSc1ccc(NC(=O)C2CC2)nn1)Nc1cccc(Cl)c1. The zero-order chi connectivity index (χ0) is 16.9. The Bertz CT molecular complexity index is 750. The van der Waals surface area contributed by atoms with Gasteiger partial charge in [0.05, 0.1) is 5.75 Å². The minimum atomic E-state index is -0.157. The van der Waals surface area contributed by atoms with Gasteiger partial charge in [-0.3, -0.25) is 9.59 Å². The number of nitrogens with one attached hydrogen (secondary N) is 2. The van der Waals surface area contributed by atoms with Crippen molar-refractivity contribution in [3.8, 4) is 0 Å². The van der Waals surface area contributed by atoms with Crippen molar-refractivity contribution in [1.82, 2.24) is 10.2 Å². The summed E-state index contributed by atoms with van der Waals surface area (Å²) in [7, 11) is 0. The second-order valence-electron chi connectivity index (χ2n) is 5.37. The van der Waals surface area contributed by atoms with Crippen molar-refractivity contribution >= 4 is 46.7 Å². The summed E-state index contributed by atoms with van der Waals surface area (Å²) >= 11 is 7.14. The second kappa shape index (κ2) is 7.63. The molecule has 24 heavy (non-hydrogen) atoms. The summed E-state index contributed by atoms with van der Waals surface area (Å²) in [5, 5.41) is 14.6. The van der Waals surface area contributed by atoms with Crippen molar-refractivity contribution in [2.45, 2.75) is 17.9 Å². The molecule has 3 rings (SSSR count). The van der Waals surface area contributed by atoms with Gasteiger partial charge in [-0.15, -0.1) is 10.2 Å². The molecule has 0 saturated heterocycles. The number of hydrogen-bond acceptors (Lipinski definition) is 5. The number of nitrogens with zero attached hydrogens (tertiary/aromatic N) is 2. The number of thioether (sulfide) groups is 1. The summed E-state index contributed by atoms with van der Waals surface area (Å²) < 4.78 is 0. The number of benzene rings is 1. The Balaban J connectivity index is 1.47. The van der Waals surface area contributed by atoms with Gasteiger partial charge in [-0.25, -0.2) is 0 Å². The van der Waals surface area contributed by atoms with Crippen LogP contribution in [0.4, 0.5) is 11.5 Å². The minimum absolute atomic E-state index is 0.00870. The molecule has 1 aromatic carbocycles. The van der Waals surface area contributed by atoms with Crippen molar-refractivity contribution in [3.63, 3.8) is 0 Å². The highest BCUT2D eigenvalue weighted by molar-refractivity contribution is 7.99. The second-order valence-corrected chi connectivity index (χ2v) is 6.80. The largest absolute Gasteiger partial charge is 0.325 e. The molecule has 0 unspecified atom stereocenters. The number of hydrogen-bond donors (Lipinski definition) is 2. The summed E-state index contributed by atoms with van der Waals surface area (Å²) in [4.78, 5) is 23.5. The summed E-state index contributed by atoms with van der Waals surface area (Å²) in [6, 6.07) is 10.4. The lowest BCUT2D eigenvalue weighted by Gasteiger charge is -2.06. The van der Waals surface area contributed by atoms with Gasteiger partial charge in [-0.05, 0) is 43.2 Å². The highest BCUT2D eigenvalue weighted by Crippen LogP contribution is 2.30. The van der Waals surface area contributed by atoms with Gasteiger partial charge < -0.3 is 10.6 Å². The molecule has 2 amide bonds. The van der Waals surface area contributed by atoms with E-state index in [0.717, 1.165) is 12.8 Å². The third-order valence-corrected chi connectivity index (χ3v) is 4.45. The maximum atomic E-state index is 11.9. The maximum Gasteiger partial charge on any atom is 0.234 e. The molecule has 6 nitrogen and oxygen atoms in total. The Hall–Kier alpha value is -2.12. The molecular formula is C16H15ClN4O2S. The first kappa shape index (κ1) is 16.7. The first-order chi connectivity index (χ1) is 11.6. The molecule has 0 aliphatic heterocycles. The van der Waals surface area contributed by atoms with E-state index in [1.54, 1.807) is 36.4 Å². The molecule has 2 N–H and O–H groups in total. The Morgan fingerprint density at radius 2 is 2.00 bits per heavy atom. The van der Waals surface area contributed by atoms with E-state index in [4.69, 9.17) is 11.6 Å². The predicted molar refractivity (Wildman–Crippen MR) is 94.2 cm³/mol. The van der Waals surface area contributed by atoms with E-state index in [1.807, 2.05) is 0 Å². The van der Waals surface area contributed by atoms with Crippen LogP contribution in [0, 0.1) is 5.92 Å². The number of halogens is 1. The van der Waals surface area contributed by atoms with Crippen molar-refractivity contribution < 1.29 is 9.59 Å². The highest BCUT2D eigenvalue weighted by Gasteiger charge is 2.29. The topological polar surface area (TPSA) is 84.0 Å². The van der Waals surface area contributed by atoms with Gasteiger partial charge in [0.25, 0.3) is 0 Å². The van der Waals surface area contributed by atoms with Crippen LogP contribution < -0.4 is 10.6 Å². The standard InChI is InChI=1S/C16H15ClN4O2S/c17-11-2-1-3-12(8-11)18-14(22)9-24-15-7-6-13(20-21-15)19-16(23)10-4-5-10/h1-3,6-8,10H,4-5,9H2,(H,18,22)(H,19,20,23). The normalized spacial score (nSPS) is 13.4. The first-order valence-corrected chi connectivity index (χ1v) is 8.79. The smallest absolute Gasteiger partial charge is 0.234 e. The average molecular weight is 363 g/mol. The van der Waals surface area contributed by atoms with Crippen LogP contribution in [-0.4, -0.2) is 27.8 Å². The fourth-order valence-corrected chi connectivity index (χ4v) is 2.74. The zero-order valence-corrected chi connectivity index (χ0v) is 14.2. The van der Waals surface area contributed by atoms with Gasteiger partial charge in [-0.1, -0.05) is 29.4 Å². The number of anilines is 2. The van der Waals surface area contributed by atoms with Crippen LogP contribution in [0.3, 0.4) is 0 Å². The summed E-state index contributed by atoms with van der Waals surface area (Å²) in [5.74, 6) is 0.589. The van der Waals surface area contributed by atoms with Crippen LogP contribution in [0.1, 0.15) is 12.8 Å². The van der Waals surface area contributed by atoms with Crippen LogP contribution in [-0.2, 0) is 9.59 Å². The van der Waals surface area contributed by atoms with Gasteiger partial charge in [0.2, 0.25) is 11.8 Å².